The minimum Gasteiger partial charge on any atom is -0.376 e. The molecule has 2 aromatic heterocycles. The van der Waals surface area contributed by atoms with E-state index >= 15 is 0 Å². The molecule has 0 aliphatic carbocycles. The van der Waals surface area contributed by atoms with Gasteiger partial charge >= 0.3 is 0 Å². The summed E-state index contributed by atoms with van der Waals surface area (Å²) in [7, 11) is 0. The maximum Gasteiger partial charge on any atom is 0.291 e. The molecule has 0 bridgehead atoms. The van der Waals surface area contributed by atoms with Crippen molar-refractivity contribution in [2.75, 3.05) is 13.2 Å². The SMILES string of the molecule is O=C(Cn1ncn2c(cc3cc(F)ccc32)c1=O)NCC1CCCO1. The smallest absolute Gasteiger partial charge is 0.291 e. The fraction of sp³-hybridized carbons (Fsp3) is 0.353. The van der Waals surface area contributed by atoms with Crippen LogP contribution in [0.5, 0.6) is 0 Å². The van der Waals surface area contributed by atoms with Crippen LogP contribution in [0.4, 0.5) is 4.39 Å². The Labute approximate surface area is 142 Å². The van der Waals surface area contributed by atoms with Crippen LogP contribution in [-0.2, 0) is 16.1 Å². The van der Waals surface area contributed by atoms with Crippen molar-refractivity contribution in [1.82, 2.24) is 19.5 Å². The van der Waals surface area contributed by atoms with Crippen LogP contribution in [0.1, 0.15) is 12.8 Å². The van der Waals surface area contributed by atoms with Crippen molar-refractivity contribution in [3.05, 3.63) is 46.8 Å². The van der Waals surface area contributed by atoms with Crippen molar-refractivity contribution in [3.63, 3.8) is 0 Å². The zero-order valence-corrected chi connectivity index (χ0v) is 13.4. The molecule has 1 unspecified atom stereocenters. The average Bonchev–Trinajstić information content (AvgIpc) is 3.23. The van der Waals surface area contributed by atoms with Crippen LogP contribution < -0.4 is 10.9 Å². The molecule has 1 aliphatic rings. The first-order valence-corrected chi connectivity index (χ1v) is 8.16. The van der Waals surface area contributed by atoms with Gasteiger partial charge in [0.1, 0.15) is 24.2 Å². The van der Waals surface area contributed by atoms with Crippen LogP contribution in [-0.4, -0.2) is 39.3 Å². The average molecular weight is 344 g/mol. The molecule has 0 radical (unpaired) electrons. The van der Waals surface area contributed by atoms with Crippen LogP contribution in [0.2, 0.25) is 0 Å². The molecule has 8 heteroatoms. The third-order valence-corrected chi connectivity index (χ3v) is 4.41. The van der Waals surface area contributed by atoms with Crippen molar-refractivity contribution < 1.29 is 13.9 Å². The fourth-order valence-corrected chi connectivity index (χ4v) is 3.13. The quantitative estimate of drug-likeness (QED) is 0.768. The number of rotatable bonds is 4. The van der Waals surface area contributed by atoms with Gasteiger partial charge in [0.15, 0.2) is 0 Å². The highest BCUT2D eigenvalue weighted by Gasteiger charge is 2.17. The van der Waals surface area contributed by atoms with Crippen LogP contribution >= 0.6 is 0 Å². The largest absolute Gasteiger partial charge is 0.376 e. The van der Waals surface area contributed by atoms with Gasteiger partial charge in [-0.3, -0.25) is 14.0 Å². The zero-order chi connectivity index (χ0) is 17.4. The molecule has 1 aromatic carbocycles. The number of ether oxygens (including phenoxy) is 1. The third kappa shape index (κ3) is 3.00. The van der Waals surface area contributed by atoms with Gasteiger partial charge in [-0.1, -0.05) is 0 Å². The molecule has 130 valence electrons. The van der Waals surface area contributed by atoms with E-state index in [9.17, 15) is 14.0 Å². The Kier molecular flexibility index (Phi) is 3.96. The summed E-state index contributed by atoms with van der Waals surface area (Å²) in [5.41, 5.74) is 0.643. The van der Waals surface area contributed by atoms with E-state index in [1.807, 2.05) is 0 Å². The number of nitrogens with one attached hydrogen (secondary N) is 1. The normalized spacial score (nSPS) is 17.4. The maximum atomic E-state index is 13.4. The Morgan fingerprint density at radius 3 is 3.04 bits per heavy atom. The zero-order valence-electron chi connectivity index (χ0n) is 13.4. The Morgan fingerprint density at radius 1 is 1.36 bits per heavy atom. The molecule has 0 spiro atoms. The summed E-state index contributed by atoms with van der Waals surface area (Å²) in [4.78, 5) is 24.6. The first kappa shape index (κ1) is 15.8. The molecule has 1 fully saturated rings. The Hall–Kier alpha value is -2.74. The van der Waals surface area contributed by atoms with Gasteiger partial charge in [-0.15, -0.1) is 0 Å². The molecule has 1 saturated heterocycles. The highest BCUT2D eigenvalue weighted by atomic mass is 19.1. The van der Waals surface area contributed by atoms with Crippen molar-refractivity contribution in [2.24, 2.45) is 0 Å². The van der Waals surface area contributed by atoms with Crippen molar-refractivity contribution in [3.8, 4) is 0 Å². The summed E-state index contributed by atoms with van der Waals surface area (Å²) in [6.45, 7) is 0.989. The molecule has 7 nitrogen and oxygen atoms in total. The summed E-state index contributed by atoms with van der Waals surface area (Å²) in [5, 5.41) is 7.43. The van der Waals surface area contributed by atoms with Crippen LogP contribution in [0.3, 0.4) is 0 Å². The number of carbonyl (C=O) groups is 1. The third-order valence-electron chi connectivity index (χ3n) is 4.41. The van der Waals surface area contributed by atoms with Gasteiger partial charge in [-0.25, -0.2) is 9.07 Å². The van der Waals surface area contributed by atoms with E-state index in [1.54, 1.807) is 16.5 Å². The molecule has 25 heavy (non-hydrogen) atoms. The number of halogens is 1. The molecule has 1 aliphatic heterocycles. The molecule has 0 saturated carbocycles. The van der Waals surface area contributed by atoms with E-state index in [0.29, 0.717) is 23.0 Å². The molecule has 1 amide bonds. The van der Waals surface area contributed by atoms with E-state index in [2.05, 4.69) is 10.4 Å². The number of hydrogen-bond donors (Lipinski definition) is 1. The number of carbonyl (C=O) groups excluding carboxylic acids is 1. The lowest BCUT2D eigenvalue weighted by atomic mass is 10.2. The predicted molar refractivity (Wildman–Crippen MR) is 88.9 cm³/mol. The monoisotopic (exact) mass is 344 g/mol. The first-order chi connectivity index (χ1) is 12.1. The summed E-state index contributed by atoms with van der Waals surface area (Å²) >= 11 is 0. The molecule has 3 aromatic rings. The Balaban J connectivity index is 1.57. The van der Waals surface area contributed by atoms with Gasteiger partial charge < -0.3 is 10.1 Å². The number of benzene rings is 1. The van der Waals surface area contributed by atoms with Crippen molar-refractivity contribution >= 4 is 22.3 Å². The van der Waals surface area contributed by atoms with E-state index in [-0.39, 0.29) is 24.4 Å². The number of amides is 1. The van der Waals surface area contributed by atoms with Gasteiger partial charge in [0.25, 0.3) is 5.56 Å². The summed E-state index contributed by atoms with van der Waals surface area (Å²) in [5.74, 6) is -0.665. The van der Waals surface area contributed by atoms with Gasteiger partial charge in [0.05, 0.1) is 11.6 Å². The molecular weight excluding hydrogens is 327 g/mol. The van der Waals surface area contributed by atoms with Gasteiger partial charge in [-0.2, -0.15) is 5.10 Å². The van der Waals surface area contributed by atoms with Gasteiger partial charge in [0.2, 0.25) is 5.91 Å². The molecule has 1 N–H and O–H groups in total. The van der Waals surface area contributed by atoms with E-state index < -0.39 is 5.56 Å². The topological polar surface area (TPSA) is 77.6 Å². The van der Waals surface area contributed by atoms with Crippen LogP contribution in [0, 0.1) is 5.82 Å². The summed E-state index contributed by atoms with van der Waals surface area (Å²) in [6.07, 6.45) is 3.43. The van der Waals surface area contributed by atoms with Crippen LogP contribution in [0.15, 0.2) is 35.4 Å². The second kappa shape index (κ2) is 6.29. The van der Waals surface area contributed by atoms with Crippen molar-refractivity contribution in [2.45, 2.75) is 25.5 Å². The minimum absolute atomic E-state index is 0.0435. The lowest BCUT2D eigenvalue weighted by Gasteiger charge is -2.11. The lowest BCUT2D eigenvalue weighted by Crippen LogP contribution is -2.37. The second-order valence-electron chi connectivity index (χ2n) is 6.14. The second-order valence-corrected chi connectivity index (χ2v) is 6.14. The molecular formula is C17H17FN4O3. The van der Waals surface area contributed by atoms with Crippen LogP contribution in [0.25, 0.3) is 16.4 Å². The number of nitrogens with zero attached hydrogens (tertiary/aromatic N) is 3. The number of hydrogen-bond acceptors (Lipinski definition) is 4. The molecule has 1 atom stereocenters. The fourth-order valence-electron chi connectivity index (χ4n) is 3.13. The number of fused-ring (bicyclic) bond motifs is 3. The maximum absolute atomic E-state index is 13.4. The predicted octanol–water partition coefficient (Wildman–Crippen LogP) is 1.08. The number of aromatic nitrogens is 3. The standard InChI is InChI=1S/C17H17FN4O3/c18-12-3-4-14-11(6-12)7-15-17(24)22(20-10-21(14)15)9-16(23)19-8-13-2-1-5-25-13/h3-4,6-7,10,13H,1-2,5,8-9H2,(H,19,23). The van der Waals surface area contributed by atoms with Gasteiger partial charge in [-0.05, 0) is 37.1 Å². The molecule has 4 rings (SSSR count). The van der Waals surface area contributed by atoms with Gasteiger partial charge in [0, 0.05) is 18.5 Å². The highest BCUT2D eigenvalue weighted by Crippen LogP contribution is 2.18. The van der Waals surface area contributed by atoms with E-state index in [0.717, 1.165) is 24.1 Å². The minimum atomic E-state index is -0.397. The highest BCUT2D eigenvalue weighted by molar-refractivity contribution is 5.86. The Bertz CT molecular complexity index is 1000. The summed E-state index contributed by atoms with van der Waals surface area (Å²) in [6, 6.07) is 5.89. The Morgan fingerprint density at radius 2 is 2.24 bits per heavy atom. The first-order valence-electron chi connectivity index (χ1n) is 8.16. The summed E-state index contributed by atoms with van der Waals surface area (Å²) < 4.78 is 21.5. The lowest BCUT2D eigenvalue weighted by molar-refractivity contribution is -0.122. The molecule has 3 heterocycles. The van der Waals surface area contributed by atoms with Crippen molar-refractivity contribution in [1.29, 1.82) is 0 Å². The van der Waals surface area contributed by atoms with E-state index in [4.69, 9.17) is 4.74 Å². The van der Waals surface area contributed by atoms with E-state index in [1.165, 1.54) is 18.5 Å².